The number of carbonyl (C=O) groups is 1. The molecule has 0 bridgehead atoms. The molecule has 0 spiro atoms. The van der Waals surface area contributed by atoms with Gasteiger partial charge >= 0.3 is 7.12 Å². The van der Waals surface area contributed by atoms with E-state index in [-0.39, 0.29) is 22.0 Å². The molecule has 2 aromatic carbocycles. The van der Waals surface area contributed by atoms with E-state index in [0.717, 1.165) is 11.1 Å². The molecule has 0 aromatic heterocycles. The van der Waals surface area contributed by atoms with Crippen molar-refractivity contribution in [3.05, 3.63) is 64.2 Å². The zero-order valence-electron chi connectivity index (χ0n) is 11.5. The van der Waals surface area contributed by atoms with Gasteiger partial charge in [-0.25, -0.2) is 0 Å². The van der Waals surface area contributed by atoms with E-state index in [1.54, 1.807) is 0 Å². The maximum atomic E-state index is 12.1. The Morgan fingerprint density at radius 1 is 1.24 bits per heavy atom. The summed E-state index contributed by atoms with van der Waals surface area (Å²) in [5.74, 6) is -0.357. The molecule has 0 saturated heterocycles. The molecule has 0 atom stereocenters. The van der Waals surface area contributed by atoms with Gasteiger partial charge < -0.3 is 15.4 Å². The molecule has 1 amide bonds. The standard InChI is InChI=1S/C15H15BClNO3/c1-10-3-2-4-11(7-10)9-18-15(19)13-8-12(16(20)21)5-6-14(13)17/h2-8,20-21H,9H2,1H3,(H,18,19). The fraction of sp³-hybridized carbons (Fsp3) is 0.133. The van der Waals surface area contributed by atoms with Gasteiger partial charge in [-0.05, 0) is 30.1 Å². The summed E-state index contributed by atoms with van der Waals surface area (Å²) in [6.45, 7) is 2.36. The highest BCUT2D eigenvalue weighted by Gasteiger charge is 2.16. The Morgan fingerprint density at radius 3 is 2.67 bits per heavy atom. The van der Waals surface area contributed by atoms with Crippen LogP contribution < -0.4 is 10.8 Å². The van der Waals surface area contributed by atoms with Crippen LogP contribution in [0.25, 0.3) is 0 Å². The fourth-order valence-electron chi connectivity index (χ4n) is 1.98. The molecule has 0 unspecified atom stereocenters. The van der Waals surface area contributed by atoms with Gasteiger partial charge in [0.25, 0.3) is 5.91 Å². The molecule has 0 saturated carbocycles. The third-order valence-corrected chi connectivity index (χ3v) is 3.40. The van der Waals surface area contributed by atoms with Crippen molar-refractivity contribution in [2.24, 2.45) is 0 Å². The molecule has 0 aliphatic carbocycles. The molecule has 0 fully saturated rings. The Labute approximate surface area is 128 Å². The number of hydrogen-bond acceptors (Lipinski definition) is 3. The lowest BCUT2D eigenvalue weighted by atomic mass is 9.79. The van der Waals surface area contributed by atoms with Gasteiger partial charge in [0.2, 0.25) is 0 Å². The third-order valence-electron chi connectivity index (χ3n) is 3.07. The van der Waals surface area contributed by atoms with E-state index in [4.69, 9.17) is 21.6 Å². The summed E-state index contributed by atoms with van der Waals surface area (Å²) >= 11 is 5.98. The highest BCUT2D eigenvalue weighted by atomic mass is 35.5. The summed E-state index contributed by atoms with van der Waals surface area (Å²) in [7, 11) is -1.63. The average Bonchev–Trinajstić information content (AvgIpc) is 2.45. The lowest BCUT2D eigenvalue weighted by Gasteiger charge is -2.09. The Morgan fingerprint density at radius 2 is 2.00 bits per heavy atom. The van der Waals surface area contributed by atoms with Crippen LogP contribution in [0, 0.1) is 6.92 Å². The molecule has 0 radical (unpaired) electrons. The van der Waals surface area contributed by atoms with Crippen molar-refractivity contribution in [1.29, 1.82) is 0 Å². The third kappa shape index (κ3) is 4.08. The Hall–Kier alpha value is -1.82. The van der Waals surface area contributed by atoms with Crippen LogP contribution in [-0.2, 0) is 6.54 Å². The zero-order valence-corrected chi connectivity index (χ0v) is 12.3. The smallest absolute Gasteiger partial charge is 0.423 e. The van der Waals surface area contributed by atoms with E-state index in [0.29, 0.717) is 6.54 Å². The van der Waals surface area contributed by atoms with Crippen LogP contribution in [0.5, 0.6) is 0 Å². The summed E-state index contributed by atoms with van der Waals surface area (Å²) in [6.07, 6.45) is 0. The number of hydrogen-bond donors (Lipinski definition) is 3. The monoisotopic (exact) mass is 303 g/mol. The number of halogens is 1. The van der Waals surface area contributed by atoms with E-state index in [1.807, 2.05) is 31.2 Å². The molecule has 2 rings (SSSR count). The second kappa shape index (κ2) is 6.76. The maximum absolute atomic E-state index is 12.1. The lowest BCUT2D eigenvalue weighted by molar-refractivity contribution is 0.0951. The minimum absolute atomic E-state index is 0.218. The van der Waals surface area contributed by atoms with Crippen LogP contribution in [0.4, 0.5) is 0 Å². The first-order valence-electron chi connectivity index (χ1n) is 6.46. The minimum Gasteiger partial charge on any atom is -0.423 e. The van der Waals surface area contributed by atoms with Gasteiger partial charge in [-0.1, -0.05) is 47.5 Å². The van der Waals surface area contributed by atoms with Gasteiger partial charge in [0.15, 0.2) is 0 Å². The molecule has 0 aliphatic rings. The lowest BCUT2D eigenvalue weighted by Crippen LogP contribution is -2.32. The molecule has 21 heavy (non-hydrogen) atoms. The quantitative estimate of drug-likeness (QED) is 0.745. The number of amides is 1. The Balaban J connectivity index is 2.11. The number of rotatable bonds is 4. The van der Waals surface area contributed by atoms with E-state index in [2.05, 4.69) is 5.32 Å². The van der Waals surface area contributed by atoms with Crippen LogP contribution in [0.15, 0.2) is 42.5 Å². The Kier molecular flexibility index (Phi) is 5.01. The second-order valence-electron chi connectivity index (χ2n) is 4.78. The first kappa shape index (κ1) is 15.6. The molecule has 4 nitrogen and oxygen atoms in total. The predicted octanol–water partition coefficient (Wildman–Crippen LogP) is 1.26. The molecular formula is C15H15BClNO3. The maximum Gasteiger partial charge on any atom is 0.488 e. The van der Waals surface area contributed by atoms with Crippen molar-refractivity contribution in [3.63, 3.8) is 0 Å². The minimum atomic E-state index is -1.63. The fourth-order valence-corrected chi connectivity index (χ4v) is 2.18. The van der Waals surface area contributed by atoms with Crippen LogP contribution in [0.2, 0.25) is 5.02 Å². The van der Waals surface area contributed by atoms with Crippen molar-refractivity contribution in [1.82, 2.24) is 5.32 Å². The molecule has 0 aliphatic heterocycles. The Bertz CT molecular complexity index is 661. The number of nitrogens with one attached hydrogen (secondary N) is 1. The van der Waals surface area contributed by atoms with Crippen LogP contribution in [0.3, 0.4) is 0 Å². The van der Waals surface area contributed by atoms with Crippen molar-refractivity contribution < 1.29 is 14.8 Å². The highest BCUT2D eigenvalue weighted by molar-refractivity contribution is 6.58. The normalized spacial score (nSPS) is 10.3. The molecule has 108 valence electrons. The van der Waals surface area contributed by atoms with Crippen molar-refractivity contribution in [3.8, 4) is 0 Å². The molecule has 0 heterocycles. The van der Waals surface area contributed by atoms with Gasteiger partial charge in [0.1, 0.15) is 0 Å². The van der Waals surface area contributed by atoms with Gasteiger partial charge in [-0.2, -0.15) is 0 Å². The zero-order chi connectivity index (χ0) is 15.4. The largest absolute Gasteiger partial charge is 0.488 e. The summed E-state index contributed by atoms with van der Waals surface area (Å²) in [4.78, 5) is 12.1. The van der Waals surface area contributed by atoms with Crippen molar-refractivity contribution in [2.75, 3.05) is 0 Å². The van der Waals surface area contributed by atoms with E-state index in [9.17, 15) is 4.79 Å². The number of carbonyl (C=O) groups excluding carboxylic acids is 1. The number of aryl methyl sites for hydroxylation is 1. The van der Waals surface area contributed by atoms with Crippen LogP contribution in [0.1, 0.15) is 21.5 Å². The average molecular weight is 304 g/mol. The van der Waals surface area contributed by atoms with Crippen molar-refractivity contribution in [2.45, 2.75) is 13.5 Å². The van der Waals surface area contributed by atoms with Crippen molar-refractivity contribution >= 4 is 30.1 Å². The molecule has 3 N–H and O–H groups in total. The number of benzene rings is 2. The summed E-state index contributed by atoms with van der Waals surface area (Å²) in [6, 6.07) is 12.1. The molecule has 2 aromatic rings. The molecular weight excluding hydrogens is 288 g/mol. The SMILES string of the molecule is Cc1cccc(CNC(=O)c2cc(B(O)O)ccc2Cl)c1. The van der Waals surface area contributed by atoms with E-state index < -0.39 is 7.12 Å². The second-order valence-corrected chi connectivity index (χ2v) is 5.19. The first-order valence-corrected chi connectivity index (χ1v) is 6.84. The van der Waals surface area contributed by atoms with Crippen LogP contribution in [-0.4, -0.2) is 23.1 Å². The van der Waals surface area contributed by atoms with Crippen LogP contribution >= 0.6 is 11.6 Å². The summed E-state index contributed by atoms with van der Waals surface area (Å²) in [5.41, 5.74) is 2.54. The van der Waals surface area contributed by atoms with Gasteiger partial charge in [-0.3, -0.25) is 4.79 Å². The summed E-state index contributed by atoms with van der Waals surface area (Å²) in [5, 5.41) is 21.3. The van der Waals surface area contributed by atoms with Gasteiger partial charge in [0, 0.05) is 6.54 Å². The highest BCUT2D eigenvalue weighted by Crippen LogP contribution is 2.14. The van der Waals surface area contributed by atoms with E-state index >= 15 is 0 Å². The van der Waals surface area contributed by atoms with Gasteiger partial charge in [-0.15, -0.1) is 0 Å². The topological polar surface area (TPSA) is 69.6 Å². The summed E-state index contributed by atoms with van der Waals surface area (Å²) < 4.78 is 0. The first-order chi connectivity index (χ1) is 9.97. The predicted molar refractivity (Wildman–Crippen MR) is 83.6 cm³/mol. The van der Waals surface area contributed by atoms with E-state index in [1.165, 1.54) is 18.2 Å². The van der Waals surface area contributed by atoms with Gasteiger partial charge in [0.05, 0.1) is 10.6 Å². The molecule has 6 heteroatoms.